The zero-order valence-electron chi connectivity index (χ0n) is 15.3. The van der Waals surface area contributed by atoms with Gasteiger partial charge in [0, 0.05) is 23.5 Å². The summed E-state index contributed by atoms with van der Waals surface area (Å²) < 4.78 is 1.70. The highest BCUT2D eigenvalue weighted by molar-refractivity contribution is 5.85. The predicted molar refractivity (Wildman–Crippen MR) is 101 cm³/mol. The van der Waals surface area contributed by atoms with E-state index in [1.165, 1.54) is 19.3 Å². The molecule has 2 aromatic rings. The monoisotopic (exact) mass is 378 g/mol. The fraction of sp³-hybridized carbons (Fsp3) is 0.667. The van der Waals surface area contributed by atoms with E-state index in [4.69, 9.17) is 5.73 Å². The first-order chi connectivity index (χ1) is 12.0. The number of carbonyl (C=O) groups is 1. The number of nitrogens with one attached hydrogen (secondary N) is 1. The largest absolute Gasteiger partial charge is 0.352 e. The molecule has 2 fully saturated rings. The van der Waals surface area contributed by atoms with Crippen molar-refractivity contribution in [3.05, 3.63) is 23.3 Å². The van der Waals surface area contributed by atoms with Crippen LogP contribution in [-0.2, 0) is 11.2 Å². The van der Waals surface area contributed by atoms with Gasteiger partial charge in [0.25, 0.3) is 5.78 Å². The fourth-order valence-corrected chi connectivity index (χ4v) is 4.69. The van der Waals surface area contributed by atoms with E-state index in [1.54, 1.807) is 4.52 Å². The molecule has 2 saturated carbocycles. The summed E-state index contributed by atoms with van der Waals surface area (Å²) in [6.45, 7) is 3.90. The van der Waals surface area contributed by atoms with Gasteiger partial charge in [0.2, 0.25) is 5.91 Å². The summed E-state index contributed by atoms with van der Waals surface area (Å²) in [4.78, 5) is 21.4. The quantitative estimate of drug-likeness (QED) is 0.847. The molecule has 2 bridgehead atoms. The molecule has 2 atom stereocenters. The molecule has 0 aromatic carbocycles. The van der Waals surface area contributed by atoms with Crippen molar-refractivity contribution in [2.45, 2.75) is 64.5 Å². The summed E-state index contributed by atoms with van der Waals surface area (Å²) in [5.41, 5.74) is 8.04. The van der Waals surface area contributed by atoms with E-state index in [1.807, 2.05) is 19.9 Å². The maximum absolute atomic E-state index is 12.6. The van der Waals surface area contributed by atoms with Gasteiger partial charge in [0.15, 0.2) is 5.82 Å². The van der Waals surface area contributed by atoms with E-state index >= 15 is 0 Å². The Bertz CT molecular complexity index is 792. The van der Waals surface area contributed by atoms with Gasteiger partial charge in [-0.05, 0) is 57.4 Å². The number of fused-ring (bicyclic) bond motifs is 3. The van der Waals surface area contributed by atoms with Crippen LogP contribution in [0.5, 0.6) is 0 Å². The van der Waals surface area contributed by atoms with Gasteiger partial charge in [-0.2, -0.15) is 4.98 Å². The summed E-state index contributed by atoms with van der Waals surface area (Å²) in [5.74, 6) is 2.12. The third-order valence-electron chi connectivity index (χ3n) is 5.69. The Labute approximate surface area is 159 Å². The van der Waals surface area contributed by atoms with E-state index in [-0.39, 0.29) is 30.8 Å². The van der Waals surface area contributed by atoms with E-state index in [0.29, 0.717) is 29.5 Å². The number of nitrogens with two attached hydrogens (primary N) is 1. The standard InChI is InChI=1S/C18H26N6O.ClH/c1-10-6-11(2)24-18(20-10)21-15(23-24)9-16(25)22-17-12-4-3-5-13(17)8-14(19)7-12;/h6,12-14,17H,3-5,7-9,19H2,1-2H3,(H,22,25);1H. The third-order valence-corrected chi connectivity index (χ3v) is 5.69. The van der Waals surface area contributed by atoms with Crippen LogP contribution >= 0.6 is 12.4 Å². The molecular weight excluding hydrogens is 352 g/mol. The van der Waals surface area contributed by atoms with E-state index < -0.39 is 0 Å². The summed E-state index contributed by atoms with van der Waals surface area (Å²) in [6.07, 6.45) is 5.85. The molecule has 1 amide bonds. The first kappa shape index (κ1) is 19.0. The normalized spacial score (nSPS) is 27.8. The van der Waals surface area contributed by atoms with Gasteiger partial charge in [0.1, 0.15) is 0 Å². The zero-order valence-corrected chi connectivity index (χ0v) is 16.1. The molecule has 26 heavy (non-hydrogen) atoms. The number of rotatable bonds is 3. The lowest BCUT2D eigenvalue weighted by Crippen LogP contribution is -2.54. The van der Waals surface area contributed by atoms with Crippen LogP contribution in [0.25, 0.3) is 5.78 Å². The molecule has 7 nitrogen and oxygen atoms in total. The van der Waals surface area contributed by atoms with E-state index in [0.717, 1.165) is 24.2 Å². The van der Waals surface area contributed by atoms with Crippen molar-refractivity contribution in [2.24, 2.45) is 17.6 Å². The molecule has 0 saturated heterocycles. The van der Waals surface area contributed by atoms with E-state index in [9.17, 15) is 4.79 Å². The van der Waals surface area contributed by atoms with Crippen LogP contribution < -0.4 is 11.1 Å². The summed E-state index contributed by atoms with van der Waals surface area (Å²) >= 11 is 0. The van der Waals surface area contributed by atoms with Gasteiger partial charge in [-0.1, -0.05) is 6.42 Å². The van der Waals surface area contributed by atoms with Crippen LogP contribution in [0.4, 0.5) is 0 Å². The second kappa shape index (κ2) is 7.48. The summed E-state index contributed by atoms with van der Waals surface area (Å²) in [6, 6.07) is 2.51. The molecule has 4 rings (SSSR count). The maximum Gasteiger partial charge on any atom is 0.252 e. The van der Waals surface area contributed by atoms with Crippen LogP contribution in [0, 0.1) is 25.7 Å². The lowest BCUT2D eigenvalue weighted by atomic mass is 9.67. The van der Waals surface area contributed by atoms with Crippen LogP contribution in [0.2, 0.25) is 0 Å². The van der Waals surface area contributed by atoms with E-state index in [2.05, 4.69) is 20.4 Å². The van der Waals surface area contributed by atoms with Crippen molar-refractivity contribution >= 4 is 24.1 Å². The number of carbonyl (C=O) groups excluding carboxylic acids is 1. The van der Waals surface area contributed by atoms with Crippen molar-refractivity contribution in [1.82, 2.24) is 24.9 Å². The molecule has 2 heterocycles. The summed E-state index contributed by atoms with van der Waals surface area (Å²) in [7, 11) is 0. The van der Waals surface area contributed by atoms with Crippen molar-refractivity contribution in [3.63, 3.8) is 0 Å². The maximum atomic E-state index is 12.6. The van der Waals surface area contributed by atoms with Crippen LogP contribution in [0.15, 0.2) is 6.07 Å². The smallest absolute Gasteiger partial charge is 0.252 e. The van der Waals surface area contributed by atoms with Crippen molar-refractivity contribution in [2.75, 3.05) is 0 Å². The van der Waals surface area contributed by atoms with Gasteiger partial charge in [-0.15, -0.1) is 17.5 Å². The topological polar surface area (TPSA) is 98.2 Å². The third kappa shape index (κ3) is 3.69. The minimum Gasteiger partial charge on any atom is -0.352 e. The Morgan fingerprint density at radius 1 is 1.27 bits per heavy atom. The highest BCUT2D eigenvalue weighted by Gasteiger charge is 2.39. The van der Waals surface area contributed by atoms with Crippen LogP contribution in [0.1, 0.15) is 49.3 Å². The van der Waals surface area contributed by atoms with Gasteiger partial charge in [-0.25, -0.2) is 9.50 Å². The molecule has 142 valence electrons. The average molecular weight is 379 g/mol. The molecule has 0 aliphatic heterocycles. The minimum atomic E-state index is 0. The zero-order chi connectivity index (χ0) is 17.6. The Morgan fingerprint density at radius 2 is 1.96 bits per heavy atom. The van der Waals surface area contributed by atoms with Crippen LogP contribution in [0.3, 0.4) is 0 Å². The number of hydrogen-bond donors (Lipinski definition) is 2. The highest BCUT2D eigenvalue weighted by atomic mass is 35.5. The van der Waals surface area contributed by atoms with Gasteiger partial charge in [-0.3, -0.25) is 4.79 Å². The molecule has 0 radical (unpaired) electrons. The minimum absolute atomic E-state index is 0. The fourth-order valence-electron chi connectivity index (χ4n) is 4.69. The molecule has 2 aromatic heterocycles. The molecule has 8 heteroatoms. The van der Waals surface area contributed by atoms with Gasteiger partial charge >= 0.3 is 0 Å². The highest BCUT2D eigenvalue weighted by Crippen LogP contribution is 2.39. The second-order valence-electron chi connectivity index (χ2n) is 7.73. The van der Waals surface area contributed by atoms with Crippen LogP contribution in [-0.4, -0.2) is 37.6 Å². The Morgan fingerprint density at radius 3 is 2.65 bits per heavy atom. The number of halogens is 1. The van der Waals surface area contributed by atoms with Crippen molar-refractivity contribution < 1.29 is 4.79 Å². The first-order valence-corrected chi connectivity index (χ1v) is 9.24. The van der Waals surface area contributed by atoms with Crippen molar-refractivity contribution in [3.8, 4) is 0 Å². The molecule has 2 aliphatic rings. The molecule has 3 N–H and O–H groups in total. The lowest BCUT2D eigenvalue weighted by Gasteiger charge is -2.45. The average Bonchev–Trinajstić information content (AvgIpc) is 2.90. The Hall–Kier alpha value is -1.73. The Balaban J connectivity index is 0.00000196. The van der Waals surface area contributed by atoms with Gasteiger partial charge in [0.05, 0.1) is 6.42 Å². The second-order valence-corrected chi connectivity index (χ2v) is 7.73. The Kier molecular flexibility index (Phi) is 5.48. The van der Waals surface area contributed by atoms with Crippen molar-refractivity contribution in [1.29, 1.82) is 0 Å². The number of hydrogen-bond acceptors (Lipinski definition) is 5. The first-order valence-electron chi connectivity index (χ1n) is 9.24. The molecular formula is C18H27ClN6O. The predicted octanol–water partition coefficient (Wildman–Crippen LogP) is 1.73. The van der Waals surface area contributed by atoms with Gasteiger partial charge < -0.3 is 11.1 Å². The SMILES string of the molecule is Cc1cc(C)n2nc(CC(=O)NC3C4CCCC3CC(N)C4)nc2n1.Cl. The number of amides is 1. The molecule has 2 aliphatic carbocycles. The lowest BCUT2D eigenvalue weighted by molar-refractivity contribution is -0.122. The molecule has 0 spiro atoms. The number of nitrogens with zero attached hydrogens (tertiary/aromatic N) is 4. The summed E-state index contributed by atoms with van der Waals surface area (Å²) in [5, 5.41) is 7.69. The molecule has 2 unspecified atom stereocenters. The number of aryl methyl sites for hydroxylation is 2. The number of aromatic nitrogens is 4.